The van der Waals surface area contributed by atoms with E-state index >= 15 is 0 Å². The quantitative estimate of drug-likeness (QED) is 0.515. The lowest BCUT2D eigenvalue weighted by Crippen LogP contribution is -2.67. The van der Waals surface area contributed by atoms with Crippen molar-refractivity contribution in [2.24, 2.45) is 11.8 Å². The molecule has 1 unspecified atom stereocenters. The number of piperazine rings is 1. The van der Waals surface area contributed by atoms with Crippen LogP contribution in [0.15, 0.2) is 34.9 Å². The summed E-state index contributed by atoms with van der Waals surface area (Å²) in [5, 5.41) is 3.46. The molecule has 2 amide bonds. The molecule has 10 heteroatoms. The van der Waals surface area contributed by atoms with E-state index in [0.29, 0.717) is 42.3 Å². The topological polar surface area (TPSA) is 102 Å². The Balaban J connectivity index is 1.47. The zero-order valence-electron chi connectivity index (χ0n) is 21.8. The Hall–Kier alpha value is -3.17. The summed E-state index contributed by atoms with van der Waals surface area (Å²) in [6, 6.07) is 6.16. The van der Waals surface area contributed by atoms with Crippen LogP contribution in [0, 0.1) is 18.8 Å². The Bertz CT molecular complexity index is 1360. The Morgan fingerprint density at radius 1 is 1.18 bits per heavy atom. The number of aryl methyl sites for hydroxylation is 1. The molecule has 0 radical (unpaired) electrons. The molecule has 3 aliphatic rings. The minimum absolute atomic E-state index is 0.0323. The van der Waals surface area contributed by atoms with Gasteiger partial charge in [0.2, 0.25) is 11.8 Å². The fourth-order valence-electron chi connectivity index (χ4n) is 6.22. The van der Waals surface area contributed by atoms with Crippen molar-refractivity contribution in [2.45, 2.75) is 71.3 Å². The summed E-state index contributed by atoms with van der Waals surface area (Å²) < 4.78 is 13.3. The number of rotatable bonds is 6. The van der Waals surface area contributed by atoms with Gasteiger partial charge in [-0.05, 0) is 35.8 Å². The van der Waals surface area contributed by atoms with E-state index < -0.39 is 18.1 Å². The molecule has 1 fully saturated rings. The number of ether oxygens (including phenoxy) is 1. The first-order chi connectivity index (χ1) is 18.4. The van der Waals surface area contributed by atoms with Crippen molar-refractivity contribution >= 4 is 23.4 Å². The number of aromatic nitrogens is 3. The first-order valence-corrected chi connectivity index (χ1v) is 13.7. The molecule has 6 rings (SSSR count). The second kappa shape index (κ2) is 9.85. The molecule has 2 aromatic heterocycles. The number of oxazole rings is 1. The monoisotopic (exact) mass is 537 g/mol. The Morgan fingerprint density at radius 3 is 2.58 bits per heavy atom. The number of benzene rings is 1. The Labute approximate surface area is 226 Å². The number of amides is 2. The van der Waals surface area contributed by atoms with E-state index in [4.69, 9.17) is 25.7 Å². The summed E-state index contributed by atoms with van der Waals surface area (Å²) in [6.45, 7) is 7.18. The van der Waals surface area contributed by atoms with Gasteiger partial charge < -0.3 is 23.9 Å². The van der Waals surface area contributed by atoms with Crippen molar-refractivity contribution in [1.82, 2.24) is 24.8 Å². The molecule has 2 aliphatic heterocycles. The van der Waals surface area contributed by atoms with E-state index in [2.05, 4.69) is 22.4 Å². The number of halogens is 1. The van der Waals surface area contributed by atoms with Crippen molar-refractivity contribution < 1.29 is 18.7 Å². The van der Waals surface area contributed by atoms with Crippen LogP contribution in [-0.4, -0.2) is 49.9 Å². The third-order valence-electron chi connectivity index (χ3n) is 8.31. The predicted octanol–water partition coefficient (Wildman–Crippen LogP) is 3.61. The molecule has 3 aromatic rings. The molecule has 4 atom stereocenters. The number of nitrogens with one attached hydrogen (secondary N) is 1. The Morgan fingerprint density at radius 2 is 1.92 bits per heavy atom. The van der Waals surface area contributed by atoms with Crippen molar-refractivity contribution in [3.05, 3.63) is 69.9 Å². The highest BCUT2D eigenvalue weighted by atomic mass is 35.5. The molecule has 1 saturated heterocycles. The summed E-state index contributed by atoms with van der Waals surface area (Å²) in [4.78, 5) is 39.5. The summed E-state index contributed by atoms with van der Waals surface area (Å²) >= 11 is 6.58. The first-order valence-electron chi connectivity index (χ1n) is 13.3. The van der Waals surface area contributed by atoms with Crippen LogP contribution in [0.25, 0.3) is 0 Å². The normalized spacial score (nSPS) is 23.2. The van der Waals surface area contributed by atoms with Crippen LogP contribution < -0.4 is 5.32 Å². The molecular formula is C28H32ClN5O4. The van der Waals surface area contributed by atoms with E-state index in [0.717, 1.165) is 25.0 Å². The van der Waals surface area contributed by atoms with Gasteiger partial charge in [0.05, 0.1) is 18.9 Å². The summed E-state index contributed by atoms with van der Waals surface area (Å²) in [5.41, 5.74) is 3.75. The van der Waals surface area contributed by atoms with Gasteiger partial charge in [0, 0.05) is 13.5 Å². The van der Waals surface area contributed by atoms with Crippen molar-refractivity contribution in [3.63, 3.8) is 0 Å². The molecule has 38 heavy (non-hydrogen) atoms. The van der Waals surface area contributed by atoms with Gasteiger partial charge in [0.1, 0.15) is 35.9 Å². The molecule has 0 saturated carbocycles. The average Bonchev–Trinajstić information content (AvgIpc) is 3.63. The van der Waals surface area contributed by atoms with Crippen LogP contribution in [0.5, 0.6) is 0 Å². The molecule has 1 aliphatic carbocycles. The predicted molar refractivity (Wildman–Crippen MR) is 139 cm³/mol. The van der Waals surface area contributed by atoms with Gasteiger partial charge >= 0.3 is 0 Å². The minimum atomic E-state index is -0.736. The number of carbonyl (C=O) groups excluding carboxylic acids is 2. The summed E-state index contributed by atoms with van der Waals surface area (Å²) in [5.74, 6) is 0.651. The lowest BCUT2D eigenvalue weighted by Gasteiger charge is -2.46. The van der Waals surface area contributed by atoms with Gasteiger partial charge in [0.25, 0.3) is 0 Å². The van der Waals surface area contributed by atoms with Gasteiger partial charge in [-0.15, -0.1) is 0 Å². The molecule has 4 heterocycles. The molecule has 0 bridgehead atoms. The van der Waals surface area contributed by atoms with Gasteiger partial charge in [-0.1, -0.05) is 56.1 Å². The van der Waals surface area contributed by atoms with E-state index in [9.17, 15) is 9.59 Å². The van der Waals surface area contributed by atoms with E-state index in [1.54, 1.807) is 18.1 Å². The molecular weight excluding hydrogens is 506 g/mol. The lowest BCUT2D eigenvalue weighted by molar-refractivity contribution is -0.155. The number of imidazole rings is 1. The second-order valence-corrected chi connectivity index (χ2v) is 11.0. The van der Waals surface area contributed by atoms with Crippen LogP contribution in [0.2, 0.25) is 5.15 Å². The van der Waals surface area contributed by atoms with Gasteiger partial charge in [-0.2, -0.15) is 0 Å². The fraction of sp³-hybridized carbons (Fsp3) is 0.500. The van der Waals surface area contributed by atoms with Gasteiger partial charge in [0.15, 0.2) is 11.0 Å². The van der Waals surface area contributed by atoms with E-state index in [1.807, 2.05) is 30.5 Å². The highest BCUT2D eigenvalue weighted by molar-refractivity contribution is 6.30. The Kier molecular flexibility index (Phi) is 6.52. The minimum Gasteiger partial charge on any atom is -0.449 e. The molecule has 200 valence electrons. The summed E-state index contributed by atoms with van der Waals surface area (Å²) in [6.07, 6.45) is 3.76. The third kappa shape index (κ3) is 4.12. The number of carbonyl (C=O) groups is 2. The van der Waals surface area contributed by atoms with Crippen molar-refractivity contribution in [1.29, 1.82) is 0 Å². The molecule has 1 N–H and O–H groups in total. The highest BCUT2D eigenvalue weighted by Gasteiger charge is 2.51. The highest BCUT2D eigenvalue weighted by Crippen LogP contribution is 2.39. The average molecular weight is 538 g/mol. The number of nitrogens with zero attached hydrogens (tertiary/aromatic N) is 4. The van der Waals surface area contributed by atoms with E-state index in [1.165, 1.54) is 11.1 Å². The van der Waals surface area contributed by atoms with Crippen molar-refractivity contribution in [3.8, 4) is 0 Å². The van der Waals surface area contributed by atoms with Crippen molar-refractivity contribution in [2.75, 3.05) is 6.61 Å². The number of hydrogen-bond donors (Lipinski definition) is 1. The van der Waals surface area contributed by atoms with Crippen LogP contribution in [-0.2, 0) is 40.3 Å². The van der Waals surface area contributed by atoms with Crippen LogP contribution >= 0.6 is 11.6 Å². The largest absolute Gasteiger partial charge is 0.449 e. The second-order valence-electron chi connectivity index (χ2n) is 10.6. The maximum atomic E-state index is 14.6. The third-order valence-corrected chi connectivity index (χ3v) is 8.62. The van der Waals surface area contributed by atoms with Gasteiger partial charge in [-0.25, -0.2) is 9.97 Å². The maximum Gasteiger partial charge on any atom is 0.247 e. The van der Waals surface area contributed by atoms with Crippen LogP contribution in [0.3, 0.4) is 0 Å². The zero-order chi connectivity index (χ0) is 26.6. The number of hydrogen-bond acceptors (Lipinski definition) is 6. The molecule has 9 nitrogen and oxygen atoms in total. The smallest absolute Gasteiger partial charge is 0.247 e. The molecule has 0 spiro atoms. The summed E-state index contributed by atoms with van der Waals surface area (Å²) in [7, 11) is 0. The SMILES string of the molecule is CC[C@H](C)[C@@H]1C(=O)N[C@H](C2Cc3ccccc3C2)C(=O)N1C(c1coc(C)n1)c1nc(Cl)c2n1CCOC2. The lowest BCUT2D eigenvalue weighted by atomic mass is 9.86. The van der Waals surface area contributed by atoms with Crippen LogP contribution in [0.4, 0.5) is 0 Å². The van der Waals surface area contributed by atoms with Crippen LogP contribution in [0.1, 0.15) is 60.5 Å². The standard InChI is InChI=1S/C28H32ClN5O4/c1-4-15(2)23-27(35)31-22(19-11-17-7-5-6-8-18(17)12-19)28(36)34(23)24(20-13-38-16(3)30-20)26-32-25(29)21-14-37-10-9-33(21)26/h5-8,13,15,19,22-24H,4,9-12,14H2,1-3H3,(H,31,35)/t15-,22+,23+,24?/m0/s1. The number of fused-ring (bicyclic) bond motifs is 2. The maximum absolute atomic E-state index is 14.6. The van der Waals surface area contributed by atoms with Gasteiger partial charge in [-0.3, -0.25) is 9.59 Å². The zero-order valence-corrected chi connectivity index (χ0v) is 22.6. The first kappa shape index (κ1) is 25.1. The molecule has 1 aromatic carbocycles. The van der Waals surface area contributed by atoms with E-state index in [-0.39, 0.29) is 23.7 Å². The fourth-order valence-corrected chi connectivity index (χ4v) is 6.46.